The standard InChI is InChI=1S/C17H13F2N3O2/c1-9-3-2-4-10(14(9)18)22-17-13-11(20-8-21-17)7-12-16(15(13)19)24-6-5-23-12/h2-4,7-8H,5-6H2,1H3,(H,20,21,22). The molecular formula is C17H13F2N3O2. The summed E-state index contributed by atoms with van der Waals surface area (Å²) in [5, 5.41) is 2.97. The average molecular weight is 329 g/mol. The highest BCUT2D eigenvalue weighted by atomic mass is 19.1. The molecule has 0 unspecified atom stereocenters. The first-order chi connectivity index (χ1) is 11.6. The van der Waals surface area contributed by atoms with Crippen LogP contribution in [0.4, 0.5) is 20.3 Å². The smallest absolute Gasteiger partial charge is 0.198 e. The number of benzene rings is 2. The van der Waals surface area contributed by atoms with E-state index in [1.165, 1.54) is 6.33 Å². The third-order valence-corrected chi connectivity index (χ3v) is 3.82. The van der Waals surface area contributed by atoms with Gasteiger partial charge in [0.25, 0.3) is 0 Å². The summed E-state index contributed by atoms with van der Waals surface area (Å²) in [5.74, 6) is -0.548. The molecule has 1 aliphatic heterocycles. The van der Waals surface area contributed by atoms with E-state index < -0.39 is 11.6 Å². The van der Waals surface area contributed by atoms with Crippen LogP contribution in [0.2, 0.25) is 0 Å². The number of anilines is 2. The Bertz CT molecular complexity index is 947. The second kappa shape index (κ2) is 5.59. The van der Waals surface area contributed by atoms with E-state index in [1.807, 2.05) is 0 Å². The van der Waals surface area contributed by atoms with Gasteiger partial charge in [0, 0.05) is 6.07 Å². The first kappa shape index (κ1) is 14.6. The lowest BCUT2D eigenvalue weighted by molar-refractivity contribution is 0.165. The van der Waals surface area contributed by atoms with Crippen molar-refractivity contribution in [2.75, 3.05) is 18.5 Å². The number of nitrogens with zero attached hydrogens (tertiary/aromatic N) is 2. The van der Waals surface area contributed by atoms with E-state index in [1.54, 1.807) is 31.2 Å². The molecule has 1 aromatic heterocycles. The summed E-state index contributed by atoms with van der Waals surface area (Å²) in [6, 6.07) is 6.51. The number of ether oxygens (including phenoxy) is 2. The van der Waals surface area contributed by atoms with Gasteiger partial charge in [-0.25, -0.2) is 18.7 Å². The molecule has 0 spiro atoms. The third-order valence-electron chi connectivity index (χ3n) is 3.82. The zero-order valence-corrected chi connectivity index (χ0v) is 12.8. The summed E-state index contributed by atoms with van der Waals surface area (Å²) in [4.78, 5) is 8.13. The number of halogens is 2. The minimum Gasteiger partial charge on any atom is -0.486 e. The van der Waals surface area contributed by atoms with Crippen LogP contribution in [-0.4, -0.2) is 23.2 Å². The fourth-order valence-electron chi connectivity index (χ4n) is 2.64. The van der Waals surface area contributed by atoms with Gasteiger partial charge in [0.05, 0.1) is 16.6 Å². The van der Waals surface area contributed by atoms with Gasteiger partial charge < -0.3 is 14.8 Å². The van der Waals surface area contributed by atoms with Gasteiger partial charge in [0.2, 0.25) is 0 Å². The number of nitrogens with one attached hydrogen (secondary N) is 1. The minimum absolute atomic E-state index is 0.0244. The Kier molecular flexibility index (Phi) is 3.41. The van der Waals surface area contributed by atoms with Crippen molar-refractivity contribution >= 4 is 22.4 Å². The molecule has 1 N–H and O–H groups in total. The SMILES string of the molecule is Cc1cccc(Nc2ncnc3cc4c(c(F)c23)OCCO4)c1F. The molecule has 4 rings (SSSR count). The second-order valence-corrected chi connectivity index (χ2v) is 5.39. The lowest BCUT2D eigenvalue weighted by atomic mass is 10.1. The molecule has 0 amide bonds. The van der Waals surface area contributed by atoms with Gasteiger partial charge >= 0.3 is 0 Å². The highest BCUT2D eigenvalue weighted by molar-refractivity contribution is 5.93. The fourth-order valence-corrected chi connectivity index (χ4v) is 2.64. The lowest BCUT2D eigenvalue weighted by Gasteiger charge is -2.20. The van der Waals surface area contributed by atoms with Gasteiger partial charge in [-0.2, -0.15) is 0 Å². The van der Waals surface area contributed by atoms with Crippen molar-refractivity contribution in [3.05, 3.63) is 47.8 Å². The molecule has 0 aliphatic carbocycles. The number of hydrogen-bond donors (Lipinski definition) is 1. The van der Waals surface area contributed by atoms with Gasteiger partial charge in [-0.15, -0.1) is 0 Å². The van der Waals surface area contributed by atoms with Gasteiger partial charge in [-0.3, -0.25) is 0 Å². The van der Waals surface area contributed by atoms with E-state index in [0.717, 1.165) is 0 Å². The number of rotatable bonds is 2. The fraction of sp³-hybridized carbons (Fsp3) is 0.176. The second-order valence-electron chi connectivity index (χ2n) is 5.39. The van der Waals surface area contributed by atoms with Crippen molar-refractivity contribution in [3.8, 4) is 11.5 Å². The first-order valence-electron chi connectivity index (χ1n) is 7.40. The maximum atomic E-state index is 14.9. The van der Waals surface area contributed by atoms with Crippen LogP contribution in [0, 0.1) is 18.6 Å². The first-order valence-corrected chi connectivity index (χ1v) is 7.40. The van der Waals surface area contributed by atoms with Gasteiger partial charge in [-0.1, -0.05) is 12.1 Å². The van der Waals surface area contributed by atoms with E-state index in [2.05, 4.69) is 15.3 Å². The summed E-state index contributed by atoms with van der Waals surface area (Å²) < 4.78 is 39.8. The van der Waals surface area contributed by atoms with Crippen LogP contribution in [-0.2, 0) is 0 Å². The van der Waals surface area contributed by atoms with Crippen molar-refractivity contribution in [1.29, 1.82) is 0 Å². The van der Waals surface area contributed by atoms with E-state index in [0.29, 0.717) is 23.4 Å². The van der Waals surface area contributed by atoms with Crippen LogP contribution < -0.4 is 14.8 Å². The van der Waals surface area contributed by atoms with E-state index in [4.69, 9.17) is 9.47 Å². The molecule has 2 aromatic carbocycles. The molecule has 0 bridgehead atoms. The molecule has 24 heavy (non-hydrogen) atoms. The molecule has 5 nitrogen and oxygen atoms in total. The summed E-state index contributed by atoms with van der Waals surface area (Å²) in [5.41, 5.74) is 1.04. The van der Waals surface area contributed by atoms with Crippen LogP contribution in [0.25, 0.3) is 10.9 Å². The maximum absolute atomic E-state index is 14.9. The van der Waals surface area contributed by atoms with E-state index >= 15 is 0 Å². The minimum atomic E-state index is -0.627. The van der Waals surface area contributed by atoms with Gasteiger partial charge in [0.15, 0.2) is 17.3 Å². The Hall–Kier alpha value is -2.96. The third kappa shape index (κ3) is 2.29. The highest BCUT2D eigenvalue weighted by Crippen LogP contribution is 2.40. The molecule has 3 aromatic rings. The number of hydrogen-bond acceptors (Lipinski definition) is 5. The zero-order chi connectivity index (χ0) is 16.7. The van der Waals surface area contributed by atoms with E-state index in [-0.39, 0.29) is 29.2 Å². The highest BCUT2D eigenvalue weighted by Gasteiger charge is 2.23. The number of aryl methyl sites for hydroxylation is 1. The molecule has 0 atom stereocenters. The normalized spacial score (nSPS) is 13.1. The van der Waals surface area contributed by atoms with Gasteiger partial charge in [0.1, 0.15) is 31.2 Å². The summed E-state index contributed by atoms with van der Waals surface area (Å²) in [7, 11) is 0. The molecule has 2 heterocycles. The molecule has 122 valence electrons. The Balaban J connectivity index is 1.88. The Labute approximate surface area is 136 Å². The monoisotopic (exact) mass is 329 g/mol. The maximum Gasteiger partial charge on any atom is 0.198 e. The average Bonchev–Trinajstić information content (AvgIpc) is 2.59. The molecular weight excluding hydrogens is 316 g/mol. The predicted molar refractivity (Wildman–Crippen MR) is 84.9 cm³/mol. The van der Waals surface area contributed by atoms with Crippen LogP contribution in [0.1, 0.15) is 5.56 Å². The molecule has 0 saturated carbocycles. The summed E-state index contributed by atoms with van der Waals surface area (Å²) in [6.07, 6.45) is 1.29. The molecule has 7 heteroatoms. The number of aromatic nitrogens is 2. The molecule has 0 fully saturated rings. The molecule has 1 aliphatic rings. The van der Waals surface area contributed by atoms with Crippen LogP contribution in [0.5, 0.6) is 11.5 Å². The van der Waals surface area contributed by atoms with E-state index in [9.17, 15) is 8.78 Å². The predicted octanol–water partition coefficient (Wildman–Crippen LogP) is 3.73. The Morgan fingerprint density at radius 1 is 1.08 bits per heavy atom. The molecule has 0 saturated heterocycles. The van der Waals surface area contributed by atoms with Gasteiger partial charge in [-0.05, 0) is 18.6 Å². The largest absolute Gasteiger partial charge is 0.486 e. The Morgan fingerprint density at radius 3 is 2.79 bits per heavy atom. The van der Waals surface area contributed by atoms with Crippen molar-refractivity contribution in [2.24, 2.45) is 0 Å². The topological polar surface area (TPSA) is 56.3 Å². The van der Waals surface area contributed by atoms with Crippen LogP contribution in [0.3, 0.4) is 0 Å². The van der Waals surface area contributed by atoms with Crippen molar-refractivity contribution < 1.29 is 18.3 Å². The summed E-state index contributed by atoms with van der Waals surface area (Å²) in [6.45, 7) is 2.27. The molecule has 0 radical (unpaired) electrons. The zero-order valence-electron chi connectivity index (χ0n) is 12.8. The van der Waals surface area contributed by atoms with Crippen molar-refractivity contribution in [2.45, 2.75) is 6.92 Å². The van der Waals surface area contributed by atoms with Crippen LogP contribution >= 0.6 is 0 Å². The summed E-state index contributed by atoms with van der Waals surface area (Å²) >= 11 is 0. The van der Waals surface area contributed by atoms with Crippen molar-refractivity contribution in [3.63, 3.8) is 0 Å². The Morgan fingerprint density at radius 2 is 1.92 bits per heavy atom. The lowest BCUT2D eigenvalue weighted by Crippen LogP contribution is -2.16. The van der Waals surface area contributed by atoms with Crippen LogP contribution in [0.15, 0.2) is 30.6 Å². The quantitative estimate of drug-likeness (QED) is 0.776. The number of fused-ring (bicyclic) bond motifs is 2. The van der Waals surface area contributed by atoms with Crippen molar-refractivity contribution in [1.82, 2.24) is 9.97 Å².